The van der Waals surface area contributed by atoms with Gasteiger partial charge in [0.2, 0.25) is 5.75 Å². The number of amides is 2. The largest absolute Gasteiger partial charge is 0.493 e. The zero-order chi connectivity index (χ0) is 26.8. The van der Waals surface area contributed by atoms with Crippen LogP contribution in [0.3, 0.4) is 0 Å². The predicted octanol–water partition coefficient (Wildman–Crippen LogP) is 5.05. The maximum Gasteiger partial charge on any atom is 0.260 e. The minimum absolute atomic E-state index is 0.258. The standard InChI is InChI=1S/C23H25N5O5S.C2H6/c1-12-6-7-14(10-16(12)27-22(30)15-11-25-23(34)28-20(15)24-2)26-21(29)13-8-17(31-3)19(33-5)18(9-13)32-4;1-2/h6-11H,1-5H3,(H,26,29)(H,27,30)(H2,24,25,28,34);1-2H3. The summed E-state index contributed by atoms with van der Waals surface area (Å²) >= 11 is 5.00. The van der Waals surface area contributed by atoms with Crippen molar-refractivity contribution in [2.45, 2.75) is 20.8 Å². The van der Waals surface area contributed by atoms with Gasteiger partial charge in [-0.15, -0.1) is 0 Å². The van der Waals surface area contributed by atoms with E-state index in [1.807, 2.05) is 20.8 Å². The summed E-state index contributed by atoms with van der Waals surface area (Å²) in [6, 6.07) is 8.30. The first-order valence-electron chi connectivity index (χ1n) is 11.1. The van der Waals surface area contributed by atoms with E-state index in [2.05, 4.69) is 25.9 Å². The molecule has 0 aliphatic rings. The molecule has 3 rings (SSSR count). The van der Waals surface area contributed by atoms with Crippen molar-refractivity contribution in [3.63, 3.8) is 0 Å². The van der Waals surface area contributed by atoms with Gasteiger partial charge in [0.25, 0.3) is 11.8 Å². The van der Waals surface area contributed by atoms with E-state index in [4.69, 9.17) is 26.4 Å². The molecule has 0 spiro atoms. The van der Waals surface area contributed by atoms with Gasteiger partial charge in [-0.25, -0.2) is 4.98 Å². The van der Waals surface area contributed by atoms with Gasteiger partial charge in [-0.1, -0.05) is 19.9 Å². The molecule has 0 fully saturated rings. The van der Waals surface area contributed by atoms with Gasteiger partial charge in [-0.3, -0.25) is 9.59 Å². The van der Waals surface area contributed by atoms with Crippen LogP contribution in [0.5, 0.6) is 17.2 Å². The molecule has 2 amide bonds. The number of ether oxygens (including phenoxy) is 3. The molecule has 0 unspecified atom stereocenters. The van der Waals surface area contributed by atoms with Gasteiger partial charge in [0, 0.05) is 30.2 Å². The number of rotatable bonds is 8. The summed E-state index contributed by atoms with van der Waals surface area (Å²) in [6.45, 7) is 5.84. The number of carbonyl (C=O) groups excluding carboxylic acids is 2. The van der Waals surface area contributed by atoms with Gasteiger partial charge in [-0.05, 0) is 49.0 Å². The Labute approximate surface area is 215 Å². The molecule has 0 radical (unpaired) electrons. The fourth-order valence-electron chi connectivity index (χ4n) is 3.20. The molecule has 11 heteroatoms. The molecule has 1 aromatic heterocycles. The van der Waals surface area contributed by atoms with Crippen LogP contribution in [0.1, 0.15) is 40.1 Å². The SMILES string of the molecule is CC.CNc1[nH]c(=S)ncc1C(=O)Nc1cc(NC(=O)c2cc(OC)c(OC)c(OC)c2)ccc1C. The second-order valence-corrected chi connectivity index (χ2v) is 7.47. The van der Waals surface area contributed by atoms with Gasteiger partial charge in [-0.2, -0.15) is 0 Å². The Balaban J connectivity index is 0.00000222. The maximum atomic E-state index is 12.9. The fourth-order valence-corrected chi connectivity index (χ4v) is 3.36. The van der Waals surface area contributed by atoms with Gasteiger partial charge in [0.05, 0.1) is 26.9 Å². The van der Waals surface area contributed by atoms with Crippen LogP contribution in [0.25, 0.3) is 0 Å². The van der Waals surface area contributed by atoms with Gasteiger partial charge >= 0.3 is 0 Å². The smallest absolute Gasteiger partial charge is 0.260 e. The number of benzene rings is 2. The molecule has 4 N–H and O–H groups in total. The molecule has 0 saturated carbocycles. The van der Waals surface area contributed by atoms with Crippen LogP contribution in [-0.4, -0.2) is 50.2 Å². The molecular formula is C25H31N5O5S. The molecule has 0 bridgehead atoms. The van der Waals surface area contributed by atoms with E-state index < -0.39 is 5.91 Å². The second kappa shape index (κ2) is 13.1. The van der Waals surface area contributed by atoms with E-state index in [9.17, 15) is 9.59 Å². The molecule has 0 saturated heterocycles. The first-order valence-corrected chi connectivity index (χ1v) is 11.5. The Bertz CT molecular complexity index is 1270. The molecule has 10 nitrogen and oxygen atoms in total. The van der Waals surface area contributed by atoms with Crippen LogP contribution in [0.4, 0.5) is 17.2 Å². The van der Waals surface area contributed by atoms with Gasteiger partial charge in [0.15, 0.2) is 16.3 Å². The van der Waals surface area contributed by atoms with Crippen molar-refractivity contribution in [1.29, 1.82) is 0 Å². The van der Waals surface area contributed by atoms with Crippen molar-refractivity contribution < 1.29 is 23.8 Å². The quantitative estimate of drug-likeness (QED) is 0.308. The highest BCUT2D eigenvalue weighted by atomic mass is 32.1. The lowest BCUT2D eigenvalue weighted by Gasteiger charge is -2.15. The number of H-pyrrole nitrogens is 1. The highest BCUT2D eigenvalue weighted by molar-refractivity contribution is 7.71. The van der Waals surface area contributed by atoms with Crippen molar-refractivity contribution in [3.05, 3.63) is 58.0 Å². The first kappa shape index (κ1) is 28.1. The van der Waals surface area contributed by atoms with E-state index in [0.717, 1.165) is 5.56 Å². The third kappa shape index (κ3) is 6.51. The Morgan fingerprint density at radius 2 is 1.58 bits per heavy atom. The van der Waals surface area contributed by atoms with Crippen molar-refractivity contribution in [3.8, 4) is 17.2 Å². The van der Waals surface area contributed by atoms with Crippen molar-refractivity contribution >= 4 is 41.2 Å². The molecular weight excluding hydrogens is 482 g/mol. The summed E-state index contributed by atoms with van der Waals surface area (Å²) in [6.07, 6.45) is 1.39. The normalized spacial score (nSPS) is 9.86. The van der Waals surface area contributed by atoms with Crippen molar-refractivity contribution in [1.82, 2.24) is 9.97 Å². The maximum absolute atomic E-state index is 12.9. The fraction of sp³-hybridized carbons (Fsp3) is 0.280. The Morgan fingerprint density at radius 3 is 2.14 bits per heavy atom. The first-order chi connectivity index (χ1) is 17.3. The number of aromatic nitrogens is 2. The third-order valence-electron chi connectivity index (χ3n) is 4.98. The number of aryl methyl sites for hydroxylation is 1. The minimum Gasteiger partial charge on any atom is -0.493 e. The van der Waals surface area contributed by atoms with Crippen LogP contribution >= 0.6 is 12.2 Å². The van der Waals surface area contributed by atoms with Crippen LogP contribution < -0.4 is 30.2 Å². The lowest BCUT2D eigenvalue weighted by atomic mass is 10.1. The second-order valence-electron chi connectivity index (χ2n) is 7.08. The molecule has 2 aromatic carbocycles. The summed E-state index contributed by atoms with van der Waals surface area (Å²) in [5.74, 6) is 0.775. The number of nitrogens with zero attached hydrogens (tertiary/aromatic N) is 1. The number of nitrogens with one attached hydrogen (secondary N) is 4. The predicted molar refractivity (Wildman–Crippen MR) is 143 cm³/mol. The lowest BCUT2D eigenvalue weighted by molar-refractivity contribution is 0.101. The van der Waals surface area contributed by atoms with Crippen LogP contribution in [0, 0.1) is 11.7 Å². The summed E-state index contributed by atoms with van der Waals surface area (Å²) in [4.78, 5) is 32.6. The van der Waals surface area contributed by atoms with Crippen LogP contribution in [-0.2, 0) is 0 Å². The number of anilines is 3. The Kier molecular flexibility index (Phi) is 10.2. The molecule has 0 aliphatic carbocycles. The minimum atomic E-state index is -0.391. The van der Waals surface area contributed by atoms with E-state index in [0.29, 0.717) is 45.6 Å². The number of carbonyl (C=O) groups is 2. The highest BCUT2D eigenvalue weighted by Gasteiger charge is 2.18. The van der Waals surface area contributed by atoms with Crippen molar-refractivity contribution in [2.24, 2.45) is 0 Å². The van der Waals surface area contributed by atoms with E-state index in [-0.39, 0.29) is 10.7 Å². The summed E-state index contributed by atoms with van der Waals surface area (Å²) in [5, 5.41) is 8.56. The number of hydrogen-bond acceptors (Lipinski definition) is 8. The van der Waals surface area contributed by atoms with Crippen molar-refractivity contribution in [2.75, 3.05) is 44.3 Å². The monoisotopic (exact) mass is 513 g/mol. The Hall–Kier alpha value is -4.12. The Morgan fingerprint density at radius 1 is 0.944 bits per heavy atom. The summed E-state index contributed by atoms with van der Waals surface area (Å²) in [5.41, 5.74) is 2.42. The highest BCUT2D eigenvalue weighted by Crippen LogP contribution is 2.38. The zero-order valence-corrected chi connectivity index (χ0v) is 22.2. The summed E-state index contributed by atoms with van der Waals surface area (Å²) in [7, 11) is 6.11. The topological polar surface area (TPSA) is 127 Å². The number of hydrogen-bond donors (Lipinski definition) is 4. The molecule has 0 atom stereocenters. The van der Waals surface area contributed by atoms with E-state index in [1.54, 1.807) is 37.4 Å². The van der Waals surface area contributed by atoms with Gasteiger partial charge in [0.1, 0.15) is 5.82 Å². The average molecular weight is 514 g/mol. The van der Waals surface area contributed by atoms with Gasteiger partial charge < -0.3 is 35.1 Å². The van der Waals surface area contributed by atoms with Crippen LogP contribution in [0.15, 0.2) is 36.5 Å². The zero-order valence-electron chi connectivity index (χ0n) is 21.4. The molecule has 192 valence electrons. The lowest BCUT2D eigenvalue weighted by Crippen LogP contribution is -2.17. The van der Waals surface area contributed by atoms with E-state index in [1.165, 1.54) is 27.5 Å². The number of methoxy groups -OCH3 is 3. The average Bonchev–Trinajstić information content (AvgIpc) is 2.90. The third-order valence-corrected chi connectivity index (χ3v) is 5.18. The molecule has 1 heterocycles. The molecule has 3 aromatic rings. The summed E-state index contributed by atoms with van der Waals surface area (Å²) < 4.78 is 16.2. The van der Waals surface area contributed by atoms with E-state index >= 15 is 0 Å². The molecule has 36 heavy (non-hydrogen) atoms. The van der Waals surface area contributed by atoms with Crippen LogP contribution in [0.2, 0.25) is 0 Å². The number of aromatic amines is 1. The molecule has 0 aliphatic heterocycles.